The van der Waals surface area contributed by atoms with Crippen LogP contribution in [0.4, 0.5) is 5.69 Å². The molecular formula is C13H12N4O3S. The van der Waals surface area contributed by atoms with E-state index in [0.29, 0.717) is 16.3 Å². The first-order valence-corrected chi connectivity index (χ1v) is 6.93. The third-order valence-corrected chi connectivity index (χ3v) is 3.70. The molecule has 1 aromatic heterocycles. The first-order valence-electron chi connectivity index (χ1n) is 5.95. The number of nitrogens with zero attached hydrogens (tertiary/aromatic N) is 2. The quantitative estimate of drug-likeness (QED) is 0.287. The van der Waals surface area contributed by atoms with Crippen LogP contribution in [-0.4, -0.2) is 15.8 Å². The molecule has 2 rings (SSSR count). The van der Waals surface area contributed by atoms with Crippen molar-refractivity contribution in [2.45, 2.75) is 10.6 Å². The molecule has 0 unspecified atom stereocenters. The largest absolute Gasteiger partial charge is 0.289 e. The van der Waals surface area contributed by atoms with E-state index in [-0.39, 0.29) is 11.4 Å². The van der Waals surface area contributed by atoms with Crippen LogP contribution < -0.4 is 11.3 Å². The number of hydrogen-bond donors (Lipinski definition) is 2. The molecule has 8 heteroatoms. The van der Waals surface area contributed by atoms with Crippen molar-refractivity contribution < 1.29 is 9.72 Å². The van der Waals surface area contributed by atoms with Crippen molar-refractivity contribution in [1.82, 2.24) is 10.4 Å². The molecule has 7 nitrogen and oxygen atoms in total. The van der Waals surface area contributed by atoms with Crippen LogP contribution in [0.3, 0.4) is 0 Å². The van der Waals surface area contributed by atoms with E-state index >= 15 is 0 Å². The number of rotatable bonds is 5. The van der Waals surface area contributed by atoms with Crippen molar-refractivity contribution in [3.8, 4) is 0 Å². The average Bonchev–Trinajstić information content (AvgIpc) is 2.52. The van der Waals surface area contributed by atoms with Gasteiger partial charge in [0, 0.05) is 11.8 Å². The zero-order valence-electron chi connectivity index (χ0n) is 10.9. The molecule has 21 heavy (non-hydrogen) atoms. The number of nitrogen functional groups attached to an aromatic ring is 1. The summed E-state index contributed by atoms with van der Waals surface area (Å²) in [5, 5.41) is 10.9. The molecule has 0 atom stereocenters. The van der Waals surface area contributed by atoms with Gasteiger partial charge in [-0.05, 0) is 18.2 Å². The number of benzene rings is 1. The summed E-state index contributed by atoms with van der Waals surface area (Å²) in [4.78, 5) is 26.6. The van der Waals surface area contributed by atoms with Crippen molar-refractivity contribution in [1.29, 1.82) is 0 Å². The van der Waals surface area contributed by atoms with Crippen LogP contribution in [-0.2, 0) is 5.75 Å². The molecule has 0 aliphatic rings. The van der Waals surface area contributed by atoms with Gasteiger partial charge in [-0.15, -0.1) is 11.8 Å². The van der Waals surface area contributed by atoms with Crippen LogP contribution in [0.25, 0.3) is 0 Å². The lowest BCUT2D eigenvalue weighted by molar-refractivity contribution is -0.387. The number of nitrogens with two attached hydrogens (primary N) is 1. The van der Waals surface area contributed by atoms with E-state index in [2.05, 4.69) is 4.98 Å². The number of carbonyl (C=O) groups excluding carboxylic acids is 1. The minimum Gasteiger partial charge on any atom is -0.289 e. The van der Waals surface area contributed by atoms with E-state index in [1.54, 1.807) is 36.4 Å². The summed E-state index contributed by atoms with van der Waals surface area (Å²) >= 11 is 1.29. The van der Waals surface area contributed by atoms with Gasteiger partial charge in [-0.2, -0.15) is 0 Å². The van der Waals surface area contributed by atoms with E-state index in [0.717, 1.165) is 0 Å². The summed E-state index contributed by atoms with van der Waals surface area (Å²) in [7, 11) is 0. The smallest absolute Gasteiger partial charge is 0.283 e. The number of aromatic nitrogens is 1. The highest BCUT2D eigenvalue weighted by Gasteiger charge is 2.13. The highest BCUT2D eigenvalue weighted by atomic mass is 32.2. The lowest BCUT2D eigenvalue weighted by Gasteiger charge is -2.04. The highest BCUT2D eigenvalue weighted by molar-refractivity contribution is 7.98. The molecule has 1 aromatic carbocycles. The molecule has 108 valence electrons. The Kier molecular flexibility index (Phi) is 4.85. The summed E-state index contributed by atoms with van der Waals surface area (Å²) in [6.45, 7) is 0. The van der Waals surface area contributed by atoms with Gasteiger partial charge in [0.1, 0.15) is 5.69 Å². The second-order valence-electron chi connectivity index (χ2n) is 4.00. The molecule has 0 aliphatic carbocycles. The molecule has 0 bridgehead atoms. The highest BCUT2D eigenvalue weighted by Crippen LogP contribution is 2.30. The van der Waals surface area contributed by atoms with Gasteiger partial charge in [-0.3, -0.25) is 20.3 Å². The van der Waals surface area contributed by atoms with Crippen molar-refractivity contribution in [3.63, 3.8) is 0 Å². The SMILES string of the molecule is NNC(=O)c1cccc(CSc2ccccc2[N+](=O)[O-])n1. The molecule has 0 saturated carbocycles. The third kappa shape index (κ3) is 3.77. The predicted octanol–water partition coefficient (Wildman–Crippen LogP) is 1.89. The summed E-state index contributed by atoms with van der Waals surface area (Å²) in [5.41, 5.74) is 2.91. The standard InChI is InChI=1S/C13H12N4O3S/c14-16-13(18)10-5-3-4-9(15-10)8-21-12-7-2-1-6-11(12)17(19)20/h1-7H,8,14H2,(H,16,18). The monoisotopic (exact) mass is 304 g/mol. The second kappa shape index (κ2) is 6.82. The number of pyridine rings is 1. The van der Waals surface area contributed by atoms with Gasteiger partial charge < -0.3 is 0 Å². The number of amides is 1. The topological polar surface area (TPSA) is 111 Å². The van der Waals surface area contributed by atoms with Crippen molar-refractivity contribution in [2.24, 2.45) is 5.84 Å². The average molecular weight is 304 g/mol. The van der Waals surface area contributed by atoms with E-state index in [9.17, 15) is 14.9 Å². The van der Waals surface area contributed by atoms with Crippen molar-refractivity contribution >= 4 is 23.4 Å². The molecule has 0 saturated heterocycles. The third-order valence-electron chi connectivity index (χ3n) is 2.61. The number of nitro groups is 1. The van der Waals surface area contributed by atoms with Crippen LogP contribution >= 0.6 is 11.8 Å². The number of nitro benzene ring substituents is 1. The number of nitrogens with one attached hydrogen (secondary N) is 1. The lowest BCUT2D eigenvalue weighted by Crippen LogP contribution is -2.30. The van der Waals surface area contributed by atoms with Gasteiger partial charge >= 0.3 is 0 Å². The summed E-state index contributed by atoms with van der Waals surface area (Å²) in [6, 6.07) is 11.5. The van der Waals surface area contributed by atoms with Crippen LogP contribution in [0.5, 0.6) is 0 Å². The fourth-order valence-electron chi connectivity index (χ4n) is 1.64. The summed E-state index contributed by atoms with van der Waals surface area (Å²) in [5.74, 6) is 4.99. The number of hydrogen-bond acceptors (Lipinski definition) is 6. The lowest BCUT2D eigenvalue weighted by atomic mass is 10.3. The number of carbonyl (C=O) groups is 1. The zero-order chi connectivity index (χ0) is 15.2. The number of thioether (sulfide) groups is 1. The Labute approximate surface area is 124 Å². The molecule has 0 radical (unpaired) electrons. The maximum absolute atomic E-state index is 11.4. The number of hydrazine groups is 1. The minimum atomic E-state index is -0.479. The molecule has 0 fully saturated rings. The Bertz CT molecular complexity index is 678. The number of para-hydroxylation sites is 1. The molecule has 1 amide bonds. The van der Waals surface area contributed by atoms with Gasteiger partial charge in [-0.1, -0.05) is 18.2 Å². The van der Waals surface area contributed by atoms with Gasteiger partial charge in [0.2, 0.25) is 0 Å². The van der Waals surface area contributed by atoms with Crippen LogP contribution in [0, 0.1) is 10.1 Å². The minimum absolute atomic E-state index is 0.0540. The molecule has 1 heterocycles. The first kappa shape index (κ1) is 14.9. The fraction of sp³-hybridized carbons (Fsp3) is 0.0769. The Balaban J connectivity index is 2.14. The van der Waals surface area contributed by atoms with E-state index in [1.807, 2.05) is 5.43 Å². The maximum Gasteiger partial charge on any atom is 0.283 e. The zero-order valence-corrected chi connectivity index (χ0v) is 11.7. The summed E-state index contributed by atoms with van der Waals surface area (Å²) < 4.78 is 0. The fourth-order valence-corrected chi connectivity index (χ4v) is 2.57. The second-order valence-corrected chi connectivity index (χ2v) is 5.02. The Hall–Kier alpha value is -2.45. The molecule has 0 spiro atoms. The normalized spacial score (nSPS) is 10.1. The maximum atomic E-state index is 11.4. The van der Waals surface area contributed by atoms with E-state index in [4.69, 9.17) is 5.84 Å². The van der Waals surface area contributed by atoms with Gasteiger partial charge in [0.25, 0.3) is 11.6 Å². The Morgan fingerprint density at radius 3 is 2.76 bits per heavy atom. The van der Waals surface area contributed by atoms with Crippen molar-refractivity contribution in [2.75, 3.05) is 0 Å². The molecule has 3 N–H and O–H groups in total. The summed E-state index contributed by atoms with van der Waals surface area (Å²) in [6.07, 6.45) is 0. The molecule has 2 aromatic rings. The van der Waals surface area contributed by atoms with Gasteiger partial charge in [0.05, 0.1) is 15.5 Å². The first-order chi connectivity index (χ1) is 10.1. The van der Waals surface area contributed by atoms with Crippen LogP contribution in [0.1, 0.15) is 16.2 Å². The van der Waals surface area contributed by atoms with Crippen molar-refractivity contribution in [3.05, 3.63) is 64.0 Å². The Morgan fingerprint density at radius 1 is 1.29 bits per heavy atom. The Morgan fingerprint density at radius 2 is 2.05 bits per heavy atom. The van der Waals surface area contributed by atoms with E-state index in [1.165, 1.54) is 17.8 Å². The molecular weight excluding hydrogens is 292 g/mol. The predicted molar refractivity (Wildman–Crippen MR) is 78.5 cm³/mol. The molecule has 0 aliphatic heterocycles. The van der Waals surface area contributed by atoms with E-state index < -0.39 is 10.8 Å². The van der Waals surface area contributed by atoms with Crippen LogP contribution in [0.2, 0.25) is 0 Å². The van der Waals surface area contributed by atoms with Gasteiger partial charge in [0.15, 0.2) is 0 Å². The van der Waals surface area contributed by atoms with Crippen LogP contribution in [0.15, 0.2) is 47.4 Å². The van der Waals surface area contributed by atoms with Gasteiger partial charge in [-0.25, -0.2) is 10.8 Å².